The molecule has 44 heavy (non-hydrogen) atoms. The number of nitrogens with zero attached hydrogens (tertiary/aromatic N) is 1. The number of aliphatic hydroxyl groups is 1. The molecule has 0 spiro atoms. The van der Waals surface area contributed by atoms with Gasteiger partial charge in [0.15, 0.2) is 0 Å². The van der Waals surface area contributed by atoms with Crippen LogP contribution in [0.25, 0.3) is 10.8 Å². The van der Waals surface area contributed by atoms with Gasteiger partial charge >= 0.3 is 5.97 Å². The molecule has 1 aliphatic heterocycles. The molecule has 238 valence electrons. The summed E-state index contributed by atoms with van der Waals surface area (Å²) in [5, 5.41) is 28.6. The highest BCUT2D eigenvalue weighted by Gasteiger charge is 2.38. The van der Waals surface area contributed by atoms with Gasteiger partial charge in [-0.05, 0) is 48.9 Å². The van der Waals surface area contributed by atoms with Gasteiger partial charge in [-0.25, -0.2) is 0 Å². The number of amides is 5. The topological polar surface area (TPSA) is 208 Å². The van der Waals surface area contributed by atoms with Crippen LogP contribution >= 0.6 is 11.6 Å². The van der Waals surface area contributed by atoms with Crippen molar-refractivity contribution in [3.05, 3.63) is 48.0 Å². The Morgan fingerprint density at radius 1 is 1.00 bits per heavy atom. The quantitative estimate of drug-likeness (QED) is 0.158. The third-order valence-corrected chi connectivity index (χ3v) is 7.71. The molecule has 1 aliphatic rings. The summed E-state index contributed by atoms with van der Waals surface area (Å²) in [6.07, 6.45) is -0.463. The first-order valence-electron chi connectivity index (χ1n) is 14.3. The molecule has 1 fully saturated rings. The number of nitrogens with two attached hydrogens (primary N) is 1. The van der Waals surface area contributed by atoms with E-state index in [2.05, 4.69) is 16.0 Å². The average Bonchev–Trinajstić information content (AvgIpc) is 3.00. The molecule has 5 amide bonds. The third-order valence-electron chi connectivity index (χ3n) is 7.46. The van der Waals surface area contributed by atoms with E-state index in [-0.39, 0.29) is 25.8 Å². The number of alkyl halides is 1. The standard InChI is InChI=1S/C30H38ClN5O8/c1-17(37)26(27(32)41)35-28(42)22(15-18-9-10-19-6-2-3-7-20(19)14-18)34-29(43)23-8-4-5-13-36(23)30(44)21(11-12-25(39)40)33-24(38)16-31/h2-3,6-7,9-10,14,17,21-23,26,37H,4-5,8,11-13,15-16H2,1H3,(H2,32,41)(H,33,38)(H,34,43)(H,35,42)(H,39,40)/t17?,21?,22?,23-,26?/m0/s1. The molecule has 0 bridgehead atoms. The lowest BCUT2D eigenvalue weighted by Gasteiger charge is -2.37. The predicted molar refractivity (Wildman–Crippen MR) is 161 cm³/mol. The van der Waals surface area contributed by atoms with E-state index in [1.807, 2.05) is 36.4 Å². The number of aliphatic hydroxyl groups excluding tert-OH is 1. The van der Waals surface area contributed by atoms with Gasteiger partial charge in [0, 0.05) is 19.4 Å². The van der Waals surface area contributed by atoms with Crippen molar-refractivity contribution >= 4 is 57.9 Å². The molecule has 1 heterocycles. The summed E-state index contributed by atoms with van der Waals surface area (Å²) in [7, 11) is 0. The van der Waals surface area contributed by atoms with Gasteiger partial charge in [0.05, 0.1) is 6.10 Å². The highest BCUT2D eigenvalue weighted by Crippen LogP contribution is 2.21. The fraction of sp³-hybridized carbons (Fsp3) is 0.467. The van der Waals surface area contributed by atoms with Crippen LogP contribution in [0.3, 0.4) is 0 Å². The number of carboxylic acid groups (broad SMARTS) is 1. The molecule has 13 nitrogen and oxygen atoms in total. The maximum atomic E-state index is 13.7. The average molecular weight is 632 g/mol. The van der Waals surface area contributed by atoms with Crippen LogP contribution in [0, 0.1) is 0 Å². The van der Waals surface area contributed by atoms with Gasteiger partial charge in [-0.1, -0.05) is 42.5 Å². The lowest BCUT2D eigenvalue weighted by molar-refractivity contribution is -0.146. The van der Waals surface area contributed by atoms with E-state index in [0.29, 0.717) is 18.4 Å². The Labute approximate surface area is 259 Å². The summed E-state index contributed by atoms with van der Waals surface area (Å²) in [4.78, 5) is 77.1. The Bertz CT molecular complexity index is 1390. The number of likely N-dealkylation sites (tertiary alicyclic amines) is 1. The van der Waals surface area contributed by atoms with E-state index in [9.17, 15) is 33.9 Å². The van der Waals surface area contributed by atoms with Gasteiger partial charge in [-0.15, -0.1) is 11.6 Å². The van der Waals surface area contributed by atoms with Gasteiger partial charge in [0.2, 0.25) is 29.5 Å². The molecule has 2 aromatic rings. The number of nitrogens with one attached hydrogen (secondary N) is 3. The van der Waals surface area contributed by atoms with Crippen LogP contribution in [-0.4, -0.2) is 93.3 Å². The number of benzene rings is 2. The number of halogens is 1. The first-order valence-corrected chi connectivity index (χ1v) is 14.9. The Morgan fingerprint density at radius 3 is 2.34 bits per heavy atom. The van der Waals surface area contributed by atoms with E-state index in [1.54, 1.807) is 6.07 Å². The maximum absolute atomic E-state index is 13.7. The van der Waals surface area contributed by atoms with E-state index in [0.717, 1.165) is 10.8 Å². The normalized spacial score (nSPS) is 17.5. The summed E-state index contributed by atoms with van der Waals surface area (Å²) in [6.45, 7) is 1.46. The number of hydrogen-bond donors (Lipinski definition) is 6. The molecule has 0 saturated carbocycles. The summed E-state index contributed by atoms with van der Waals surface area (Å²) < 4.78 is 0. The number of carbonyl (C=O) groups excluding carboxylic acids is 5. The molecule has 4 unspecified atom stereocenters. The van der Waals surface area contributed by atoms with Gasteiger partial charge in [0.25, 0.3) is 0 Å². The Morgan fingerprint density at radius 2 is 1.70 bits per heavy atom. The molecular formula is C30H38ClN5O8. The number of carbonyl (C=O) groups is 6. The zero-order valence-electron chi connectivity index (χ0n) is 24.3. The monoisotopic (exact) mass is 631 g/mol. The van der Waals surface area contributed by atoms with Gasteiger partial charge in [-0.3, -0.25) is 28.8 Å². The Balaban J connectivity index is 1.87. The zero-order valence-corrected chi connectivity index (χ0v) is 25.1. The number of carboxylic acids is 1. The number of hydrogen-bond acceptors (Lipinski definition) is 7. The van der Waals surface area contributed by atoms with Crippen LogP contribution in [0.4, 0.5) is 0 Å². The van der Waals surface area contributed by atoms with Gasteiger partial charge in [-0.2, -0.15) is 0 Å². The second-order valence-electron chi connectivity index (χ2n) is 10.8. The first kappa shape index (κ1) is 34.3. The number of fused-ring (bicyclic) bond motifs is 1. The van der Waals surface area contributed by atoms with Crippen LogP contribution in [0.1, 0.15) is 44.6 Å². The van der Waals surface area contributed by atoms with Crippen molar-refractivity contribution in [3.63, 3.8) is 0 Å². The van der Waals surface area contributed by atoms with Crippen molar-refractivity contribution in [2.75, 3.05) is 12.4 Å². The summed E-state index contributed by atoms with van der Waals surface area (Å²) in [6, 6.07) is 8.26. The first-order chi connectivity index (χ1) is 20.9. The van der Waals surface area contributed by atoms with Crippen molar-refractivity contribution in [2.24, 2.45) is 5.73 Å². The highest BCUT2D eigenvalue weighted by molar-refractivity contribution is 6.27. The minimum absolute atomic E-state index is 0.0153. The van der Waals surface area contributed by atoms with Crippen LogP contribution in [0.2, 0.25) is 0 Å². The fourth-order valence-corrected chi connectivity index (χ4v) is 5.27. The minimum Gasteiger partial charge on any atom is -0.481 e. The lowest BCUT2D eigenvalue weighted by Crippen LogP contribution is -2.61. The molecule has 0 radical (unpaired) electrons. The van der Waals surface area contributed by atoms with Crippen molar-refractivity contribution in [2.45, 2.75) is 75.7 Å². The third kappa shape index (κ3) is 9.38. The zero-order chi connectivity index (χ0) is 32.4. The molecule has 2 aromatic carbocycles. The number of primary amides is 1. The number of piperidine rings is 1. The van der Waals surface area contributed by atoms with E-state index < -0.39 is 78.1 Å². The van der Waals surface area contributed by atoms with Gasteiger partial charge in [0.1, 0.15) is 30.0 Å². The van der Waals surface area contributed by atoms with Crippen molar-refractivity contribution < 1.29 is 39.0 Å². The number of aliphatic carboxylic acids is 1. The molecule has 3 rings (SSSR count). The molecule has 0 aromatic heterocycles. The smallest absolute Gasteiger partial charge is 0.303 e. The largest absolute Gasteiger partial charge is 0.481 e. The van der Waals surface area contributed by atoms with Crippen LogP contribution < -0.4 is 21.7 Å². The van der Waals surface area contributed by atoms with E-state index in [1.165, 1.54) is 11.8 Å². The lowest BCUT2D eigenvalue weighted by atomic mass is 9.97. The fourth-order valence-electron chi connectivity index (χ4n) is 5.19. The number of rotatable bonds is 14. The molecule has 14 heteroatoms. The summed E-state index contributed by atoms with van der Waals surface area (Å²) in [5.74, 6) is -5.27. The summed E-state index contributed by atoms with van der Waals surface area (Å²) >= 11 is 5.59. The summed E-state index contributed by atoms with van der Waals surface area (Å²) in [5.41, 5.74) is 6.07. The second kappa shape index (κ2) is 16.0. The SMILES string of the molecule is CC(O)C(NC(=O)C(Cc1ccc2ccccc2c1)NC(=O)[C@@H]1CCCCN1C(=O)C(CCC(=O)O)NC(=O)CCl)C(N)=O. The second-order valence-corrected chi connectivity index (χ2v) is 11.1. The van der Waals surface area contributed by atoms with Crippen molar-refractivity contribution in [1.82, 2.24) is 20.9 Å². The van der Waals surface area contributed by atoms with E-state index >= 15 is 0 Å². The minimum atomic E-state index is -1.41. The predicted octanol–water partition coefficient (Wildman–Crippen LogP) is 0.188. The molecule has 0 aliphatic carbocycles. The molecule has 1 saturated heterocycles. The van der Waals surface area contributed by atoms with Crippen LogP contribution in [-0.2, 0) is 35.2 Å². The Kier molecular flexibility index (Phi) is 12.5. The van der Waals surface area contributed by atoms with Crippen molar-refractivity contribution in [3.8, 4) is 0 Å². The van der Waals surface area contributed by atoms with Gasteiger partial charge < -0.3 is 36.8 Å². The van der Waals surface area contributed by atoms with Crippen LogP contribution in [0.15, 0.2) is 42.5 Å². The molecule has 7 N–H and O–H groups in total. The Hall–Kier alpha value is -4.23. The maximum Gasteiger partial charge on any atom is 0.303 e. The van der Waals surface area contributed by atoms with Crippen LogP contribution in [0.5, 0.6) is 0 Å². The van der Waals surface area contributed by atoms with Crippen molar-refractivity contribution in [1.29, 1.82) is 0 Å². The molecule has 5 atom stereocenters. The molecular weight excluding hydrogens is 594 g/mol. The highest BCUT2D eigenvalue weighted by atomic mass is 35.5. The van der Waals surface area contributed by atoms with E-state index in [4.69, 9.17) is 22.4 Å².